The molecule has 0 radical (unpaired) electrons. The highest BCUT2D eigenvalue weighted by molar-refractivity contribution is 7.15. The molecule has 0 atom stereocenters. The molecule has 0 bridgehead atoms. The third kappa shape index (κ3) is 1.75. The van der Waals surface area contributed by atoms with Crippen molar-refractivity contribution in [3.63, 3.8) is 0 Å². The number of nitrogens with zero attached hydrogens (tertiary/aromatic N) is 3. The van der Waals surface area contributed by atoms with Crippen molar-refractivity contribution in [2.24, 2.45) is 5.73 Å². The molecule has 4 rings (SSSR count). The van der Waals surface area contributed by atoms with Gasteiger partial charge in [0.05, 0.1) is 12.2 Å². The van der Waals surface area contributed by atoms with Crippen LogP contribution in [0.1, 0.15) is 11.4 Å². The molecule has 5 heteroatoms. The Kier molecular flexibility index (Phi) is 2.61. The van der Waals surface area contributed by atoms with Crippen LogP contribution in [-0.2, 0) is 13.1 Å². The minimum absolute atomic E-state index is 0.539. The average molecular weight is 282 g/mol. The van der Waals surface area contributed by atoms with Gasteiger partial charge in [-0.1, -0.05) is 18.2 Å². The summed E-state index contributed by atoms with van der Waals surface area (Å²) in [5.41, 5.74) is 9.30. The highest BCUT2D eigenvalue weighted by Gasteiger charge is 2.10. The molecule has 100 valence electrons. The SMILES string of the molecule is NCc1cc2ccccc2n1Cc1cn2ccsc2n1. The molecule has 4 aromatic rings. The van der Waals surface area contributed by atoms with Crippen molar-refractivity contribution in [3.05, 3.63) is 59.5 Å². The van der Waals surface area contributed by atoms with Gasteiger partial charge in [-0.05, 0) is 17.5 Å². The normalized spacial score (nSPS) is 11.7. The van der Waals surface area contributed by atoms with Gasteiger partial charge in [-0.2, -0.15) is 0 Å². The number of hydrogen-bond donors (Lipinski definition) is 1. The van der Waals surface area contributed by atoms with E-state index in [-0.39, 0.29) is 0 Å². The van der Waals surface area contributed by atoms with Crippen LogP contribution in [0.5, 0.6) is 0 Å². The van der Waals surface area contributed by atoms with Crippen molar-refractivity contribution in [3.8, 4) is 0 Å². The molecule has 0 fully saturated rings. The molecule has 0 saturated heterocycles. The second kappa shape index (κ2) is 4.47. The van der Waals surface area contributed by atoms with E-state index in [9.17, 15) is 0 Å². The Morgan fingerprint density at radius 1 is 1.25 bits per heavy atom. The fraction of sp³-hybridized carbons (Fsp3) is 0.133. The van der Waals surface area contributed by atoms with Gasteiger partial charge in [-0.25, -0.2) is 4.98 Å². The fourth-order valence-corrected chi connectivity index (χ4v) is 3.36. The highest BCUT2D eigenvalue weighted by atomic mass is 32.1. The summed E-state index contributed by atoms with van der Waals surface area (Å²) in [6, 6.07) is 10.5. The number of imidazole rings is 1. The van der Waals surface area contributed by atoms with Gasteiger partial charge < -0.3 is 10.3 Å². The highest BCUT2D eigenvalue weighted by Crippen LogP contribution is 2.21. The molecule has 0 unspecified atom stereocenters. The Labute approximate surface area is 120 Å². The first kappa shape index (κ1) is 11.7. The number of para-hydroxylation sites is 1. The van der Waals surface area contributed by atoms with E-state index in [1.807, 2.05) is 11.6 Å². The molecule has 0 amide bonds. The van der Waals surface area contributed by atoms with E-state index in [1.54, 1.807) is 11.3 Å². The van der Waals surface area contributed by atoms with Gasteiger partial charge in [0.1, 0.15) is 0 Å². The van der Waals surface area contributed by atoms with E-state index in [0.717, 1.165) is 22.9 Å². The first-order valence-corrected chi connectivity index (χ1v) is 7.41. The smallest absolute Gasteiger partial charge is 0.193 e. The zero-order valence-corrected chi connectivity index (χ0v) is 11.7. The van der Waals surface area contributed by atoms with Crippen molar-refractivity contribution < 1.29 is 0 Å². The van der Waals surface area contributed by atoms with Crippen LogP contribution in [0.3, 0.4) is 0 Å². The number of aromatic nitrogens is 3. The second-order valence-corrected chi connectivity index (χ2v) is 5.68. The zero-order chi connectivity index (χ0) is 13.5. The van der Waals surface area contributed by atoms with Gasteiger partial charge in [0.2, 0.25) is 0 Å². The maximum Gasteiger partial charge on any atom is 0.193 e. The van der Waals surface area contributed by atoms with Gasteiger partial charge in [0, 0.05) is 35.5 Å². The molecule has 3 heterocycles. The maximum absolute atomic E-state index is 5.88. The van der Waals surface area contributed by atoms with Crippen LogP contribution in [0.4, 0.5) is 0 Å². The molecular formula is C15H14N4S. The zero-order valence-electron chi connectivity index (χ0n) is 10.9. The first-order chi connectivity index (χ1) is 9.85. The summed E-state index contributed by atoms with van der Waals surface area (Å²) in [6.45, 7) is 1.30. The largest absolute Gasteiger partial charge is 0.337 e. The number of hydrogen-bond acceptors (Lipinski definition) is 3. The monoisotopic (exact) mass is 282 g/mol. The van der Waals surface area contributed by atoms with Crippen molar-refractivity contribution >= 4 is 27.2 Å². The first-order valence-electron chi connectivity index (χ1n) is 6.53. The molecule has 20 heavy (non-hydrogen) atoms. The summed E-state index contributed by atoms with van der Waals surface area (Å²) in [7, 11) is 0. The van der Waals surface area contributed by atoms with Gasteiger partial charge in [0.15, 0.2) is 4.96 Å². The second-order valence-electron chi connectivity index (χ2n) is 4.81. The summed E-state index contributed by atoms with van der Waals surface area (Å²) in [5.74, 6) is 0. The van der Waals surface area contributed by atoms with Gasteiger partial charge in [-0.15, -0.1) is 11.3 Å². The predicted octanol–water partition coefficient (Wildman–Crippen LogP) is 2.86. The molecule has 4 nitrogen and oxygen atoms in total. The quantitative estimate of drug-likeness (QED) is 0.628. The standard InChI is InChI=1S/C15H14N4S/c16-8-13-7-11-3-1-2-4-14(11)19(13)10-12-9-18-5-6-20-15(18)17-12/h1-7,9H,8,10,16H2. The van der Waals surface area contributed by atoms with Crippen molar-refractivity contribution in [1.82, 2.24) is 14.0 Å². The minimum atomic E-state index is 0.539. The number of fused-ring (bicyclic) bond motifs is 2. The van der Waals surface area contributed by atoms with E-state index in [1.165, 1.54) is 10.9 Å². The lowest BCUT2D eigenvalue weighted by Crippen LogP contribution is -2.08. The molecule has 0 aliphatic heterocycles. The van der Waals surface area contributed by atoms with Crippen LogP contribution >= 0.6 is 11.3 Å². The van der Waals surface area contributed by atoms with E-state index >= 15 is 0 Å². The Balaban J connectivity index is 1.82. The fourth-order valence-electron chi connectivity index (χ4n) is 2.64. The third-order valence-electron chi connectivity index (χ3n) is 3.57. The third-order valence-corrected chi connectivity index (χ3v) is 4.34. The van der Waals surface area contributed by atoms with Crippen LogP contribution in [0.25, 0.3) is 15.9 Å². The molecule has 1 aromatic carbocycles. The van der Waals surface area contributed by atoms with Crippen molar-refractivity contribution in [2.45, 2.75) is 13.1 Å². The summed E-state index contributed by atoms with van der Waals surface area (Å²) in [5, 5.41) is 3.27. The molecule has 0 saturated carbocycles. The Morgan fingerprint density at radius 2 is 2.15 bits per heavy atom. The number of nitrogens with two attached hydrogens (primary N) is 1. The Hall–Kier alpha value is -2.11. The average Bonchev–Trinajstić information content (AvgIpc) is 3.12. The van der Waals surface area contributed by atoms with E-state index in [2.05, 4.69) is 50.5 Å². The lowest BCUT2D eigenvalue weighted by Gasteiger charge is -2.07. The van der Waals surface area contributed by atoms with Crippen LogP contribution in [0, 0.1) is 0 Å². The number of benzene rings is 1. The van der Waals surface area contributed by atoms with E-state index in [0.29, 0.717) is 6.54 Å². The lowest BCUT2D eigenvalue weighted by molar-refractivity contribution is 0.754. The molecule has 2 N–H and O–H groups in total. The Bertz CT molecular complexity index is 855. The minimum Gasteiger partial charge on any atom is -0.337 e. The van der Waals surface area contributed by atoms with E-state index in [4.69, 9.17) is 5.73 Å². The maximum atomic E-state index is 5.88. The van der Waals surface area contributed by atoms with Crippen LogP contribution in [-0.4, -0.2) is 14.0 Å². The summed E-state index contributed by atoms with van der Waals surface area (Å²) >= 11 is 1.65. The molecular weight excluding hydrogens is 268 g/mol. The topological polar surface area (TPSA) is 48.2 Å². The summed E-state index contributed by atoms with van der Waals surface area (Å²) < 4.78 is 4.32. The van der Waals surface area contributed by atoms with E-state index < -0.39 is 0 Å². The molecule has 0 aliphatic carbocycles. The number of rotatable bonds is 3. The van der Waals surface area contributed by atoms with Gasteiger partial charge in [0.25, 0.3) is 0 Å². The predicted molar refractivity (Wildman–Crippen MR) is 82.0 cm³/mol. The van der Waals surface area contributed by atoms with Crippen molar-refractivity contribution in [2.75, 3.05) is 0 Å². The van der Waals surface area contributed by atoms with Crippen LogP contribution in [0.2, 0.25) is 0 Å². The number of thiazole rings is 1. The molecule has 0 aliphatic rings. The molecule has 0 spiro atoms. The lowest BCUT2D eigenvalue weighted by atomic mass is 10.2. The Morgan fingerprint density at radius 3 is 3.00 bits per heavy atom. The molecule has 3 aromatic heterocycles. The van der Waals surface area contributed by atoms with Crippen LogP contribution < -0.4 is 5.73 Å². The van der Waals surface area contributed by atoms with Gasteiger partial charge >= 0.3 is 0 Å². The van der Waals surface area contributed by atoms with Crippen LogP contribution in [0.15, 0.2) is 48.1 Å². The van der Waals surface area contributed by atoms with Gasteiger partial charge in [-0.3, -0.25) is 4.40 Å². The summed E-state index contributed by atoms with van der Waals surface area (Å²) in [4.78, 5) is 5.68. The summed E-state index contributed by atoms with van der Waals surface area (Å²) in [6.07, 6.45) is 4.12. The van der Waals surface area contributed by atoms with Crippen molar-refractivity contribution in [1.29, 1.82) is 0 Å².